The van der Waals surface area contributed by atoms with Crippen LogP contribution in [0, 0.1) is 5.92 Å². The SMILES string of the molecule is COC(C)COc1ccc(CNCC(C)C)nc1. The molecular weight excluding hydrogens is 228 g/mol. The van der Waals surface area contributed by atoms with Gasteiger partial charge in [-0.1, -0.05) is 13.8 Å². The largest absolute Gasteiger partial charge is 0.489 e. The molecule has 1 aromatic rings. The van der Waals surface area contributed by atoms with Crippen LogP contribution in [0.3, 0.4) is 0 Å². The molecule has 1 aromatic heterocycles. The van der Waals surface area contributed by atoms with Crippen LogP contribution in [0.1, 0.15) is 26.5 Å². The van der Waals surface area contributed by atoms with Crippen LogP contribution >= 0.6 is 0 Å². The summed E-state index contributed by atoms with van der Waals surface area (Å²) in [5, 5.41) is 3.36. The van der Waals surface area contributed by atoms with Gasteiger partial charge in [-0.25, -0.2) is 0 Å². The van der Waals surface area contributed by atoms with E-state index in [1.807, 2.05) is 19.1 Å². The molecule has 102 valence electrons. The lowest BCUT2D eigenvalue weighted by Crippen LogP contribution is -2.19. The van der Waals surface area contributed by atoms with E-state index >= 15 is 0 Å². The predicted molar refractivity (Wildman–Crippen MR) is 72.7 cm³/mol. The van der Waals surface area contributed by atoms with Crippen molar-refractivity contribution < 1.29 is 9.47 Å². The maximum atomic E-state index is 5.55. The van der Waals surface area contributed by atoms with Crippen molar-refractivity contribution in [3.8, 4) is 5.75 Å². The van der Waals surface area contributed by atoms with Crippen molar-refractivity contribution in [2.24, 2.45) is 5.92 Å². The zero-order chi connectivity index (χ0) is 13.4. The number of nitrogens with one attached hydrogen (secondary N) is 1. The average molecular weight is 252 g/mol. The summed E-state index contributed by atoms with van der Waals surface area (Å²) < 4.78 is 10.7. The van der Waals surface area contributed by atoms with Crippen LogP contribution < -0.4 is 10.1 Å². The highest BCUT2D eigenvalue weighted by Crippen LogP contribution is 2.09. The number of aromatic nitrogens is 1. The van der Waals surface area contributed by atoms with Crippen LogP contribution in [0.4, 0.5) is 0 Å². The van der Waals surface area contributed by atoms with Gasteiger partial charge < -0.3 is 14.8 Å². The predicted octanol–water partition coefficient (Wildman–Crippen LogP) is 2.24. The van der Waals surface area contributed by atoms with Gasteiger partial charge in [-0.05, 0) is 31.5 Å². The number of ether oxygens (including phenoxy) is 2. The number of rotatable bonds is 8. The molecule has 4 heteroatoms. The summed E-state index contributed by atoms with van der Waals surface area (Å²) in [6.07, 6.45) is 1.85. The van der Waals surface area contributed by atoms with Gasteiger partial charge in [0.2, 0.25) is 0 Å². The van der Waals surface area contributed by atoms with Gasteiger partial charge in [-0.2, -0.15) is 0 Å². The molecule has 1 unspecified atom stereocenters. The topological polar surface area (TPSA) is 43.4 Å². The van der Waals surface area contributed by atoms with E-state index in [2.05, 4.69) is 24.1 Å². The minimum absolute atomic E-state index is 0.0948. The number of hydrogen-bond donors (Lipinski definition) is 1. The number of methoxy groups -OCH3 is 1. The summed E-state index contributed by atoms with van der Waals surface area (Å²) in [4.78, 5) is 4.35. The molecule has 1 rings (SSSR count). The highest BCUT2D eigenvalue weighted by Gasteiger charge is 2.02. The van der Waals surface area contributed by atoms with Crippen molar-refractivity contribution in [3.63, 3.8) is 0 Å². The Balaban J connectivity index is 2.33. The minimum atomic E-state index is 0.0948. The van der Waals surface area contributed by atoms with E-state index in [9.17, 15) is 0 Å². The van der Waals surface area contributed by atoms with Crippen LogP contribution in [-0.2, 0) is 11.3 Å². The highest BCUT2D eigenvalue weighted by molar-refractivity contribution is 5.19. The summed E-state index contributed by atoms with van der Waals surface area (Å²) in [5.41, 5.74) is 1.03. The minimum Gasteiger partial charge on any atom is -0.489 e. The smallest absolute Gasteiger partial charge is 0.137 e. The van der Waals surface area contributed by atoms with Crippen molar-refractivity contribution in [2.45, 2.75) is 33.4 Å². The highest BCUT2D eigenvalue weighted by atomic mass is 16.5. The average Bonchev–Trinajstić information content (AvgIpc) is 2.37. The summed E-state index contributed by atoms with van der Waals surface area (Å²) in [6.45, 7) is 8.70. The Hall–Kier alpha value is -1.13. The van der Waals surface area contributed by atoms with Crippen LogP contribution in [0.2, 0.25) is 0 Å². The van der Waals surface area contributed by atoms with Crippen molar-refractivity contribution in [2.75, 3.05) is 20.3 Å². The molecule has 0 bridgehead atoms. The van der Waals surface area contributed by atoms with Gasteiger partial charge in [0.15, 0.2) is 0 Å². The maximum absolute atomic E-state index is 5.55. The zero-order valence-corrected chi connectivity index (χ0v) is 11.8. The van der Waals surface area contributed by atoms with E-state index in [-0.39, 0.29) is 6.10 Å². The van der Waals surface area contributed by atoms with Crippen molar-refractivity contribution in [3.05, 3.63) is 24.0 Å². The number of hydrogen-bond acceptors (Lipinski definition) is 4. The quantitative estimate of drug-likeness (QED) is 0.770. The molecule has 0 radical (unpaired) electrons. The fraction of sp³-hybridized carbons (Fsp3) is 0.643. The van der Waals surface area contributed by atoms with Gasteiger partial charge in [0, 0.05) is 13.7 Å². The molecule has 1 N–H and O–H groups in total. The van der Waals surface area contributed by atoms with E-state index < -0.39 is 0 Å². The molecule has 0 aliphatic heterocycles. The first kappa shape index (κ1) is 14.9. The summed E-state index contributed by atoms with van der Waals surface area (Å²) in [5.74, 6) is 1.44. The summed E-state index contributed by atoms with van der Waals surface area (Å²) >= 11 is 0. The van der Waals surface area contributed by atoms with Crippen LogP contribution in [0.5, 0.6) is 5.75 Å². The molecule has 0 fully saturated rings. The fourth-order valence-corrected chi connectivity index (χ4v) is 1.37. The standard InChI is InChI=1S/C14H24N2O2/c1-11(2)7-15-8-13-5-6-14(9-16-13)18-10-12(3)17-4/h5-6,9,11-12,15H,7-8,10H2,1-4H3. The molecule has 18 heavy (non-hydrogen) atoms. The molecule has 0 aliphatic carbocycles. The monoisotopic (exact) mass is 252 g/mol. The normalized spacial score (nSPS) is 12.7. The Morgan fingerprint density at radius 3 is 2.61 bits per heavy atom. The lowest BCUT2D eigenvalue weighted by Gasteiger charge is -2.11. The maximum Gasteiger partial charge on any atom is 0.137 e. The molecule has 0 saturated carbocycles. The Kier molecular flexibility index (Phi) is 6.68. The second-order valence-electron chi connectivity index (χ2n) is 4.87. The van der Waals surface area contributed by atoms with E-state index in [1.54, 1.807) is 13.3 Å². The van der Waals surface area contributed by atoms with Gasteiger partial charge >= 0.3 is 0 Å². The molecule has 4 nitrogen and oxygen atoms in total. The lowest BCUT2D eigenvalue weighted by molar-refractivity contribution is 0.0715. The molecule has 0 aromatic carbocycles. The Labute approximate surface area is 110 Å². The Morgan fingerprint density at radius 1 is 1.28 bits per heavy atom. The fourth-order valence-electron chi connectivity index (χ4n) is 1.37. The van der Waals surface area contributed by atoms with Crippen molar-refractivity contribution in [1.82, 2.24) is 10.3 Å². The lowest BCUT2D eigenvalue weighted by atomic mass is 10.2. The third-order valence-corrected chi connectivity index (χ3v) is 2.54. The van der Waals surface area contributed by atoms with E-state index in [1.165, 1.54) is 0 Å². The van der Waals surface area contributed by atoms with Gasteiger partial charge in [0.05, 0.1) is 18.0 Å². The number of nitrogens with zero attached hydrogens (tertiary/aromatic N) is 1. The van der Waals surface area contributed by atoms with E-state index in [4.69, 9.17) is 9.47 Å². The van der Waals surface area contributed by atoms with Crippen molar-refractivity contribution in [1.29, 1.82) is 0 Å². The van der Waals surface area contributed by atoms with Crippen LogP contribution in [0.15, 0.2) is 18.3 Å². The second kappa shape index (κ2) is 8.06. The molecule has 0 spiro atoms. The molecule has 1 heterocycles. The van der Waals surface area contributed by atoms with E-state index in [0.29, 0.717) is 12.5 Å². The van der Waals surface area contributed by atoms with Gasteiger partial charge in [0.1, 0.15) is 12.4 Å². The first-order valence-electron chi connectivity index (χ1n) is 6.43. The van der Waals surface area contributed by atoms with E-state index in [0.717, 1.165) is 24.5 Å². The van der Waals surface area contributed by atoms with Gasteiger partial charge in [0.25, 0.3) is 0 Å². The summed E-state index contributed by atoms with van der Waals surface area (Å²) in [6, 6.07) is 3.93. The Morgan fingerprint density at radius 2 is 2.06 bits per heavy atom. The first-order valence-corrected chi connectivity index (χ1v) is 6.43. The summed E-state index contributed by atoms with van der Waals surface area (Å²) in [7, 11) is 1.68. The zero-order valence-electron chi connectivity index (χ0n) is 11.8. The molecule has 0 amide bonds. The molecule has 0 saturated heterocycles. The first-order chi connectivity index (χ1) is 8.61. The Bertz CT molecular complexity index is 325. The van der Waals surface area contributed by atoms with Crippen LogP contribution in [-0.4, -0.2) is 31.3 Å². The molecule has 0 aliphatic rings. The third kappa shape index (κ3) is 5.98. The number of pyridine rings is 1. The second-order valence-corrected chi connectivity index (χ2v) is 4.87. The van der Waals surface area contributed by atoms with Gasteiger partial charge in [-0.3, -0.25) is 4.98 Å². The van der Waals surface area contributed by atoms with Gasteiger partial charge in [-0.15, -0.1) is 0 Å². The molecule has 1 atom stereocenters. The third-order valence-electron chi connectivity index (χ3n) is 2.54. The van der Waals surface area contributed by atoms with Crippen LogP contribution in [0.25, 0.3) is 0 Å². The van der Waals surface area contributed by atoms with Crippen molar-refractivity contribution >= 4 is 0 Å². The molecular formula is C14H24N2O2.